The molecule has 148 valence electrons. The number of rotatable bonds is 6. The highest BCUT2D eigenvalue weighted by molar-refractivity contribution is 5.92. The van der Waals surface area contributed by atoms with Crippen molar-refractivity contribution >= 4 is 24.0 Å². The lowest BCUT2D eigenvalue weighted by molar-refractivity contribution is -0.153. The minimum atomic E-state index is -4.52. The first-order valence-corrected chi connectivity index (χ1v) is 8.24. The molecular weight excluding hydrogens is 376 g/mol. The number of amides is 1. The largest absolute Gasteiger partial charge is 0.482 e. The van der Waals surface area contributed by atoms with E-state index >= 15 is 0 Å². The molecule has 2 atom stereocenters. The molecule has 0 aromatic heterocycles. The fourth-order valence-electron chi connectivity index (χ4n) is 2.91. The Labute approximate surface area is 156 Å². The molecule has 0 spiro atoms. The van der Waals surface area contributed by atoms with Crippen LogP contribution in [0.3, 0.4) is 0 Å². The minimum absolute atomic E-state index is 0. The Hall–Kier alpha value is -1.54. The summed E-state index contributed by atoms with van der Waals surface area (Å²) < 4.78 is 55.0. The maximum atomic E-state index is 13.4. The number of hydrogen-bond acceptors (Lipinski definition) is 3. The standard InChI is InChI=1S/C17H22F4N2O2.ClH/c1-11(12-3-2-6-22-9-12)7-16(24)23-14-8-13(18)4-5-15(14)25-10-17(19,20)21;/h4-5,8,11-12,22H,2-3,6-7,9-10H2,1H3,(H,23,24);1H. The molecule has 1 aromatic rings. The van der Waals surface area contributed by atoms with Crippen molar-refractivity contribution in [1.29, 1.82) is 0 Å². The third kappa shape index (κ3) is 7.37. The minimum Gasteiger partial charge on any atom is -0.482 e. The number of benzene rings is 1. The summed E-state index contributed by atoms with van der Waals surface area (Å²) >= 11 is 0. The summed E-state index contributed by atoms with van der Waals surface area (Å²) in [6.07, 6.45) is -2.23. The fraction of sp³-hybridized carbons (Fsp3) is 0.588. The molecule has 1 aliphatic heterocycles. The maximum absolute atomic E-state index is 13.4. The molecule has 1 heterocycles. The Balaban J connectivity index is 0.00000338. The molecule has 1 saturated heterocycles. The van der Waals surface area contributed by atoms with E-state index < -0.39 is 18.6 Å². The lowest BCUT2D eigenvalue weighted by Gasteiger charge is -2.28. The normalized spacial score (nSPS) is 18.6. The van der Waals surface area contributed by atoms with Crippen LogP contribution in [0.25, 0.3) is 0 Å². The smallest absolute Gasteiger partial charge is 0.422 e. The van der Waals surface area contributed by atoms with Crippen LogP contribution in [-0.2, 0) is 4.79 Å². The number of ether oxygens (including phenoxy) is 1. The topological polar surface area (TPSA) is 50.4 Å². The van der Waals surface area contributed by atoms with E-state index in [2.05, 4.69) is 15.4 Å². The van der Waals surface area contributed by atoms with E-state index in [-0.39, 0.29) is 42.1 Å². The van der Waals surface area contributed by atoms with Crippen LogP contribution in [0.5, 0.6) is 5.75 Å². The molecule has 1 fully saturated rings. The van der Waals surface area contributed by atoms with E-state index in [1.54, 1.807) is 0 Å². The maximum Gasteiger partial charge on any atom is 0.422 e. The zero-order valence-corrected chi connectivity index (χ0v) is 15.2. The third-order valence-corrected chi connectivity index (χ3v) is 4.25. The number of alkyl halides is 3. The Morgan fingerprint density at radius 3 is 2.77 bits per heavy atom. The van der Waals surface area contributed by atoms with Crippen molar-refractivity contribution in [3.8, 4) is 5.75 Å². The van der Waals surface area contributed by atoms with Crippen LogP contribution in [0.4, 0.5) is 23.2 Å². The Morgan fingerprint density at radius 1 is 1.42 bits per heavy atom. The van der Waals surface area contributed by atoms with Crippen LogP contribution in [0.15, 0.2) is 18.2 Å². The summed E-state index contributed by atoms with van der Waals surface area (Å²) in [5.41, 5.74) is -0.0942. The Morgan fingerprint density at radius 2 is 2.15 bits per heavy atom. The second kappa shape index (κ2) is 9.97. The highest BCUT2D eigenvalue weighted by atomic mass is 35.5. The molecule has 0 radical (unpaired) electrons. The average Bonchev–Trinajstić information content (AvgIpc) is 2.54. The van der Waals surface area contributed by atoms with Gasteiger partial charge in [-0.2, -0.15) is 13.2 Å². The Bertz CT molecular complexity index is 593. The third-order valence-electron chi connectivity index (χ3n) is 4.25. The van der Waals surface area contributed by atoms with Crippen molar-refractivity contribution < 1.29 is 27.1 Å². The van der Waals surface area contributed by atoms with Gasteiger partial charge in [0.25, 0.3) is 0 Å². The van der Waals surface area contributed by atoms with Crippen LogP contribution in [0.1, 0.15) is 26.2 Å². The van der Waals surface area contributed by atoms with Gasteiger partial charge in [0.1, 0.15) is 11.6 Å². The molecular formula is C17H23ClF4N2O2. The number of anilines is 1. The summed E-state index contributed by atoms with van der Waals surface area (Å²) in [6.45, 7) is 2.27. The second-order valence-corrected chi connectivity index (χ2v) is 6.38. The molecule has 1 aliphatic rings. The van der Waals surface area contributed by atoms with Crippen molar-refractivity contribution in [2.45, 2.75) is 32.4 Å². The van der Waals surface area contributed by atoms with Gasteiger partial charge in [0, 0.05) is 12.5 Å². The van der Waals surface area contributed by atoms with Crippen LogP contribution in [0.2, 0.25) is 0 Å². The molecule has 2 N–H and O–H groups in total. The van der Waals surface area contributed by atoms with Gasteiger partial charge in [0.15, 0.2) is 6.61 Å². The molecule has 2 unspecified atom stereocenters. The quantitative estimate of drug-likeness (QED) is 0.708. The van der Waals surface area contributed by atoms with Crippen molar-refractivity contribution in [2.24, 2.45) is 11.8 Å². The summed E-state index contributed by atoms with van der Waals surface area (Å²) in [6, 6.07) is 3.01. The van der Waals surface area contributed by atoms with Gasteiger partial charge in [-0.05, 0) is 49.9 Å². The van der Waals surface area contributed by atoms with Gasteiger partial charge in [-0.1, -0.05) is 6.92 Å². The number of hydrogen-bond donors (Lipinski definition) is 2. The summed E-state index contributed by atoms with van der Waals surface area (Å²) in [5, 5.41) is 5.74. The van der Waals surface area contributed by atoms with E-state index in [9.17, 15) is 22.4 Å². The Kier molecular flexibility index (Phi) is 8.62. The first-order valence-electron chi connectivity index (χ1n) is 8.24. The molecule has 4 nitrogen and oxygen atoms in total. The van der Waals surface area contributed by atoms with Gasteiger partial charge >= 0.3 is 6.18 Å². The van der Waals surface area contributed by atoms with Crippen LogP contribution in [0, 0.1) is 17.7 Å². The van der Waals surface area contributed by atoms with Gasteiger partial charge in [-0.15, -0.1) is 12.4 Å². The van der Waals surface area contributed by atoms with Gasteiger partial charge < -0.3 is 15.4 Å². The molecule has 2 rings (SSSR count). The molecule has 26 heavy (non-hydrogen) atoms. The van der Waals surface area contributed by atoms with Gasteiger partial charge in [-0.25, -0.2) is 4.39 Å². The first kappa shape index (κ1) is 22.5. The van der Waals surface area contributed by atoms with E-state index in [1.807, 2.05) is 6.92 Å². The second-order valence-electron chi connectivity index (χ2n) is 6.38. The van der Waals surface area contributed by atoms with Gasteiger partial charge in [0.2, 0.25) is 5.91 Å². The molecule has 9 heteroatoms. The van der Waals surface area contributed by atoms with Crippen molar-refractivity contribution in [1.82, 2.24) is 5.32 Å². The molecule has 0 bridgehead atoms. The van der Waals surface area contributed by atoms with Gasteiger partial charge in [-0.3, -0.25) is 4.79 Å². The number of carbonyl (C=O) groups excluding carboxylic acids is 1. The predicted molar refractivity (Wildman–Crippen MR) is 93.2 cm³/mol. The van der Waals surface area contributed by atoms with Crippen LogP contribution >= 0.6 is 12.4 Å². The van der Waals surface area contributed by atoms with Crippen LogP contribution in [-0.4, -0.2) is 31.8 Å². The van der Waals surface area contributed by atoms with E-state index in [1.165, 1.54) is 0 Å². The zero-order chi connectivity index (χ0) is 18.4. The lowest BCUT2D eigenvalue weighted by atomic mass is 9.85. The van der Waals surface area contributed by atoms with E-state index in [4.69, 9.17) is 0 Å². The van der Waals surface area contributed by atoms with Crippen molar-refractivity contribution in [2.75, 3.05) is 25.0 Å². The average molecular weight is 399 g/mol. The lowest BCUT2D eigenvalue weighted by Crippen LogP contribution is -2.34. The predicted octanol–water partition coefficient (Wildman–Crippen LogP) is 4.15. The summed E-state index contributed by atoms with van der Waals surface area (Å²) in [7, 11) is 0. The number of piperidine rings is 1. The van der Waals surface area contributed by atoms with Gasteiger partial charge in [0.05, 0.1) is 5.69 Å². The van der Waals surface area contributed by atoms with E-state index in [0.29, 0.717) is 5.92 Å². The zero-order valence-electron chi connectivity index (χ0n) is 14.4. The molecule has 0 saturated carbocycles. The highest BCUT2D eigenvalue weighted by Crippen LogP contribution is 2.29. The van der Waals surface area contributed by atoms with Crippen LogP contribution < -0.4 is 15.4 Å². The number of nitrogens with one attached hydrogen (secondary N) is 2. The fourth-order valence-corrected chi connectivity index (χ4v) is 2.91. The monoisotopic (exact) mass is 398 g/mol. The molecule has 1 amide bonds. The SMILES string of the molecule is CC(CC(=O)Nc1cc(F)ccc1OCC(F)(F)F)C1CCCNC1.Cl. The molecule has 0 aliphatic carbocycles. The first-order chi connectivity index (χ1) is 11.7. The van der Waals surface area contributed by atoms with E-state index in [0.717, 1.165) is 44.1 Å². The van der Waals surface area contributed by atoms with Crippen molar-refractivity contribution in [3.63, 3.8) is 0 Å². The highest BCUT2D eigenvalue weighted by Gasteiger charge is 2.29. The number of halogens is 5. The molecule has 1 aromatic carbocycles. The summed E-state index contributed by atoms with van der Waals surface area (Å²) in [4.78, 5) is 12.2. The summed E-state index contributed by atoms with van der Waals surface area (Å²) in [5.74, 6) is -0.771. The van der Waals surface area contributed by atoms with Crippen molar-refractivity contribution in [3.05, 3.63) is 24.0 Å². The number of carbonyl (C=O) groups is 1.